The Morgan fingerprint density at radius 3 is 2.29 bits per heavy atom. The topological polar surface area (TPSA) is 128 Å². The molecule has 0 saturated heterocycles. The number of amides is 3. The van der Waals surface area contributed by atoms with E-state index in [0.717, 1.165) is 5.56 Å². The third-order valence-corrected chi connectivity index (χ3v) is 5.23. The monoisotopic (exact) mass is 485 g/mol. The molecule has 0 aliphatic rings. The van der Waals surface area contributed by atoms with Crippen molar-refractivity contribution in [3.63, 3.8) is 0 Å². The van der Waals surface area contributed by atoms with Crippen molar-refractivity contribution in [2.45, 2.75) is 59.2 Å². The van der Waals surface area contributed by atoms with Crippen LogP contribution in [0, 0.1) is 13.8 Å². The molecule has 35 heavy (non-hydrogen) atoms. The number of hydrogen-bond donors (Lipinski definition) is 4. The van der Waals surface area contributed by atoms with E-state index in [2.05, 4.69) is 10.6 Å². The number of aliphatic hydroxyl groups is 1. The number of para-hydroxylation sites is 1. The van der Waals surface area contributed by atoms with Crippen molar-refractivity contribution in [1.82, 2.24) is 10.2 Å². The van der Waals surface area contributed by atoms with Crippen LogP contribution < -0.4 is 10.6 Å². The Labute approximate surface area is 206 Å². The van der Waals surface area contributed by atoms with Gasteiger partial charge in [0.2, 0.25) is 5.91 Å². The molecule has 4 N–H and O–H groups in total. The number of aromatic hydroxyl groups is 1. The van der Waals surface area contributed by atoms with Gasteiger partial charge in [-0.25, -0.2) is 4.79 Å². The van der Waals surface area contributed by atoms with Crippen LogP contribution in [0.25, 0.3) is 0 Å². The van der Waals surface area contributed by atoms with Crippen molar-refractivity contribution in [3.05, 3.63) is 59.2 Å². The van der Waals surface area contributed by atoms with Crippen molar-refractivity contribution >= 4 is 23.6 Å². The van der Waals surface area contributed by atoms with E-state index in [1.807, 2.05) is 19.1 Å². The Balaban J connectivity index is 2.43. The average Bonchev–Trinajstić information content (AvgIpc) is 2.75. The maximum atomic E-state index is 13.6. The molecule has 2 aromatic rings. The number of nitrogens with one attached hydrogen (secondary N) is 2. The summed E-state index contributed by atoms with van der Waals surface area (Å²) in [6, 6.07) is 9.65. The second-order valence-corrected chi connectivity index (χ2v) is 9.38. The van der Waals surface area contributed by atoms with Gasteiger partial charge >= 0.3 is 6.09 Å². The molecule has 0 saturated carbocycles. The van der Waals surface area contributed by atoms with E-state index in [-0.39, 0.29) is 12.3 Å². The number of phenols is 1. The van der Waals surface area contributed by atoms with Gasteiger partial charge in [0.25, 0.3) is 5.91 Å². The Morgan fingerprint density at radius 2 is 1.71 bits per heavy atom. The molecule has 0 aliphatic heterocycles. The predicted molar refractivity (Wildman–Crippen MR) is 133 cm³/mol. The first-order chi connectivity index (χ1) is 16.3. The number of rotatable bonds is 8. The molecule has 2 rings (SSSR count). The van der Waals surface area contributed by atoms with Gasteiger partial charge in [-0.2, -0.15) is 0 Å². The van der Waals surface area contributed by atoms with Gasteiger partial charge in [0.05, 0.1) is 6.61 Å². The zero-order valence-corrected chi connectivity index (χ0v) is 21.1. The van der Waals surface area contributed by atoms with Crippen molar-refractivity contribution in [1.29, 1.82) is 0 Å². The molecule has 0 bridgehead atoms. The van der Waals surface area contributed by atoms with Crippen molar-refractivity contribution < 1.29 is 29.3 Å². The first kappa shape index (κ1) is 27.7. The van der Waals surface area contributed by atoms with E-state index < -0.39 is 42.2 Å². The van der Waals surface area contributed by atoms with Gasteiger partial charge in [0, 0.05) is 12.2 Å². The Kier molecular flexibility index (Phi) is 9.25. The van der Waals surface area contributed by atoms with E-state index in [1.54, 1.807) is 52.0 Å². The summed E-state index contributed by atoms with van der Waals surface area (Å²) in [4.78, 5) is 40.4. The fourth-order valence-electron chi connectivity index (χ4n) is 3.50. The molecule has 2 aromatic carbocycles. The molecule has 0 aromatic heterocycles. The molecule has 9 heteroatoms. The quantitative estimate of drug-likeness (QED) is 0.454. The van der Waals surface area contributed by atoms with Crippen molar-refractivity contribution in [2.24, 2.45) is 0 Å². The fourth-order valence-corrected chi connectivity index (χ4v) is 3.50. The van der Waals surface area contributed by atoms with Crippen LogP contribution >= 0.6 is 0 Å². The average molecular weight is 486 g/mol. The first-order valence-corrected chi connectivity index (χ1v) is 11.4. The summed E-state index contributed by atoms with van der Waals surface area (Å²) in [5.41, 5.74) is 1.62. The molecule has 0 heterocycles. The number of alkyl carbamates (subject to hydrolysis) is 1. The largest absolute Gasteiger partial charge is 0.508 e. The molecule has 0 spiro atoms. The highest BCUT2D eigenvalue weighted by Gasteiger charge is 2.35. The summed E-state index contributed by atoms with van der Waals surface area (Å²) in [5.74, 6) is -1.04. The van der Waals surface area contributed by atoms with Gasteiger partial charge in [0.15, 0.2) is 0 Å². The number of aryl methyl sites for hydroxylation is 2. The number of phenolic OH excluding ortho intramolecular Hbond substituents is 1. The highest BCUT2D eigenvalue weighted by molar-refractivity contribution is 5.99. The molecular formula is C26H35N3O6. The summed E-state index contributed by atoms with van der Waals surface area (Å²) < 4.78 is 5.23. The van der Waals surface area contributed by atoms with Gasteiger partial charge in [0.1, 0.15) is 23.4 Å². The second-order valence-electron chi connectivity index (χ2n) is 9.38. The highest BCUT2D eigenvalue weighted by atomic mass is 16.6. The third kappa shape index (κ3) is 7.71. The fraction of sp³-hybridized carbons (Fsp3) is 0.423. The number of carbonyl (C=O) groups excluding carboxylic acids is 3. The minimum absolute atomic E-state index is 0.0480. The summed E-state index contributed by atoms with van der Waals surface area (Å²) >= 11 is 0. The Morgan fingerprint density at radius 1 is 1.06 bits per heavy atom. The summed E-state index contributed by atoms with van der Waals surface area (Å²) in [5, 5.41) is 25.1. The highest BCUT2D eigenvalue weighted by Crippen LogP contribution is 2.28. The van der Waals surface area contributed by atoms with Crippen LogP contribution in [0.3, 0.4) is 0 Å². The lowest BCUT2D eigenvalue weighted by molar-refractivity contribution is -0.141. The Hall–Kier alpha value is -3.59. The van der Waals surface area contributed by atoms with Crippen LogP contribution in [0.2, 0.25) is 0 Å². The summed E-state index contributed by atoms with van der Waals surface area (Å²) in [6.45, 7) is 9.55. The lowest BCUT2D eigenvalue weighted by Crippen LogP contribution is -2.52. The molecule has 9 nitrogen and oxygen atoms in total. The lowest BCUT2D eigenvalue weighted by Gasteiger charge is -2.33. The molecule has 3 amide bonds. The van der Waals surface area contributed by atoms with E-state index in [0.29, 0.717) is 16.8 Å². The van der Waals surface area contributed by atoms with Gasteiger partial charge in [-0.05, 0) is 76.4 Å². The van der Waals surface area contributed by atoms with Crippen molar-refractivity contribution in [2.75, 3.05) is 18.5 Å². The maximum Gasteiger partial charge on any atom is 0.408 e. The number of hydrogen-bond acceptors (Lipinski definition) is 6. The number of anilines is 1. The van der Waals surface area contributed by atoms with Gasteiger partial charge in [-0.3, -0.25) is 9.59 Å². The number of nitrogens with zero attached hydrogens (tertiary/aromatic N) is 1. The van der Waals surface area contributed by atoms with Gasteiger partial charge < -0.3 is 30.5 Å². The predicted octanol–water partition coefficient (Wildman–Crippen LogP) is 3.42. The third-order valence-electron chi connectivity index (χ3n) is 5.23. The van der Waals surface area contributed by atoms with Crippen LogP contribution in [0.1, 0.15) is 50.4 Å². The minimum atomic E-state index is -1.14. The summed E-state index contributed by atoms with van der Waals surface area (Å²) in [7, 11) is 0. The van der Waals surface area contributed by atoms with Crippen LogP contribution in [0.4, 0.5) is 10.5 Å². The van der Waals surface area contributed by atoms with Crippen LogP contribution in [-0.4, -0.2) is 57.8 Å². The van der Waals surface area contributed by atoms with E-state index in [9.17, 15) is 24.6 Å². The van der Waals surface area contributed by atoms with Crippen LogP contribution in [0.5, 0.6) is 5.75 Å². The summed E-state index contributed by atoms with van der Waals surface area (Å²) in [6.07, 6.45) is -0.774. The smallest absolute Gasteiger partial charge is 0.408 e. The van der Waals surface area contributed by atoms with Crippen molar-refractivity contribution in [3.8, 4) is 5.75 Å². The standard InChI is InChI=1S/C26H35N3O6/c1-16-9-7-8-10-20(16)28-23(32)22(19-11-12-21(31)17(2)15-19)29(13-14-30)24(33)18(3)27-25(34)35-26(4,5)6/h7-12,15,18,22,30-31H,13-14H2,1-6H3,(H,27,34)(H,28,32). The molecule has 0 radical (unpaired) electrons. The van der Waals surface area contributed by atoms with Gasteiger partial charge in [-0.1, -0.05) is 24.3 Å². The van der Waals surface area contributed by atoms with Gasteiger partial charge in [-0.15, -0.1) is 0 Å². The number of aliphatic hydroxyl groups excluding tert-OH is 1. The molecule has 0 fully saturated rings. The van der Waals surface area contributed by atoms with Crippen LogP contribution in [0.15, 0.2) is 42.5 Å². The van der Waals surface area contributed by atoms with E-state index >= 15 is 0 Å². The zero-order chi connectivity index (χ0) is 26.3. The molecule has 0 aliphatic carbocycles. The number of benzene rings is 2. The Bertz CT molecular complexity index is 1060. The SMILES string of the molecule is Cc1cc(C(C(=O)Nc2ccccc2C)N(CCO)C(=O)C(C)NC(=O)OC(C)(C)C)ccc1O. The van der Waals surface area contributed by atoms with E-state index in [4.69, 9.17) is 4.74 Å². The normalized spacial score (nSPS) is 12.9. The molecule has 2 atom stereocenters. The second kappa shape index (κ2) is 11.7. The number of carbonyl (C=O) groups is 3. The molecular weight excluding hydrogens is 450 g/mol. The van der Waals surface area contributed by atoms with E-state index in [1.165, 1.54) is 17.9 Å². The molecule has 2 unspecified atom stereocenters. The van der Waals surface area contributed by atoms with Crippen LogP contribution in [-0.2, 0) is 14.3 Å². The lowest BCUT2D eigenvalue weighted by atomic mass is 10.00. The minimum Gasteiger partial charge on any atom is -0.508 e. The maximum absolute atomic E-state index is 13.6. The molecule has 190 valence electrons. The first-order valence-electron chi connectivity index (χ1n) is 11.4. The number of ether oxygens (including phenoxy) is 1. The zero-order valence-electron chi connectivity index (χ0n) is 21.1.